The van der Waals surface area contributed by atoms with Crippen LogP contribution < -0.4 is 19.1 Å². The Hall–Kier alpha value is -3.17. The summed E-state index contributed by atoms with van der Waals surface area (Å²) in [7, 11) is -1.08. The molecular formula is C26H30N2O5S2. The average molecular weight is 515 g/mol. The van der Waals surface area contributed by atoms with E-state index in [1.54, 1.807) is 48.2 Å². The van der Waals surface area contributed by atoms with E-state index in [1.165, 1.54) is 37.5 Å². The van der Waals surface area contributed by atoms with E-state index in [4.69, 9.17) is 9.47 Å². The molecule has 7 nitrogen and oxygen atoms in total. The lowest BCUT2D eigenvalue weighted by Gasteiger charge is -2.25. The molecule has 0 aliphatic heterocycles. The summed E-state index contributed by atoms with van der Waals surface area (Å²) in [5, 5.41) is 2.84. The van der Waals surface area contributed by atoms with Gasteiger partial charge in [-0.25, -0.2) is 8.42 Å². The van der Waals surface area contributed by atoms with Gasteiger partial charge < -0.3 is 14.8 Å². The van der Waals surface area contributed by atoms with Gasteiger partial charge in [-0.3, -0.25) is 9.10 Å². The molecule has 0 unspecified atom stereocenters. The number of hydrogen-bond donors (Lipinski definition) is 1. The van der Waals surface area contributed by atoms with E-state index in [-0.39, 0.29) is 17.1 Å². The number of anilines is 1. The van der Waals surface area contributed by atoms with Gasteiger partial charge in [0, 0.05) is 18.1 Å². The summed E-state index contributed by atoms with van der Waals surface area (Å²) in [4.78, 5) is 12.9. The monoisotopic (exact) mass is 514 g/mol. The number of rotatable bonds is 12. The van der Waals surface area contributed by atoms with Gasteiger partial charge in [0.15, 0.2) is 0 Å². The summed E-state index contributed by atoms with van der Waals surface area (Å²) in [5.41, 5.74) is 2.78. The molecule has 35 heavy (non-hydrogen) atoms. The number of thioether (sulfide) groups is 1. The van der Waals surface area contributed by atoms with Gasteiger partial charge in [-0.1, -0.05) is 36.4 Å². The first-order valence-corrected chi connectivity index (χ1v) is 13.6. The van der Waals surface area contributed by atoms with Gasteiger partial charge in [-0.2, -0.15) is 11.8 Å². The Kier molecular flexibility index (Phi) is 9.45. The molecule has 0 atom stereocenters. The Balaban J connectivity index is 1.70. The first-order chi connectivity index (χ1) is 16.9. The summed E-state index contributed by atoms with van der Waals surface area (Å²) in [6, 6.07) is 21.0. The molecule has 186 valence electrons. The van der Waals surface area contributed by atoms with E-state index in [2.05, 4.69) is 24.4 Å². The second-order valence-electron chi connectivity index (χ2n) is 7.69. The highest BCUT2D eigenvalue weighted by Crippen LogP contribution is 2.32. The third-order valence-electron chi connectivity index (χ3n) is 5.38. The standard InChI is InChI=1S/C26H30N2O5S2/c1-20-8-4-5-9-21(20)19-34-17-16-27-26(29)18-28(24-10-6-7-11-25(24)33-3)35(30,31)23-14-12-22(32-2)13-15-23/h4-15H,16-19H2,1-3H3,(H,27,29). The van der Waals surface area contributed by atoms with Crippen LogP contribution in [0.4, 0.5) is 5.69 Å². The smallest absolute Gasteiger partial charge is 0.264 e. The number of hydrogen-bond acceptors (Lipinski definition) is 6. The van der Waals surface area contributed by atoms with Crippen LogP contribution in [0.2, 0.25) is 0 Å². The van der Waals surface area contributed by atoms with Crippen molar-refractivity contribution in [3.05, 3.63) is 83.9 Å². The van der Waals surface area contributed by atoms with Gasteiger partial charge in [0.1, 0.15) is 18.0 Å². The van der Waals surface area contributed by atoms with E-state index in [9.17, 15) is 13.2 Å². The Morgan fingerprint density at radius 1 is 0.943 bits per heavy atom. The fourth-order valence-corrected chi connectivity index (χ4v) is 5.78. The lowest BCUT2D eigenvalue weighted by Crippen LogP contribution is -2.41. The normalized spacial score (nSPS) is 11.1. The molecule has 3 aromatic carbocycles. The highest BCUT2D eigenvalue weighted by Gasteiger charge is 2.29. The van der Waals surface area contributed by atoms with E-state index in [0.717, 1.165) is 10.1 Å². The average Bonchev–Trinajstić information content (AvgIpc) is 2.88. The molecule has 0 saturated heterocycles. The van der Waals surface area contributed by atoms with Crippen LogP contribution in [-0.4, -0.2) is 47.4 Å². The van der Waals surface area contributed by atoms with E-state index in [1.807, 2.05) is 12.1 Å². The first kappa shape index (κ1) is 26.4. The molecule has 0 bridgehead atoms. The van der Waals surface area contributed by atoms with Crippen molar-refractivity contribution in [2.75, 3.05) is 37.4 Å². The van der Waals surface area contributed by atoms with E-state index < -0.39 is 15.9 Å². The quantitative estimate of drug-likeness (QED) is 0.364. The van der Waals surface area contributed by atoms with Crippen molar-refractivity contribution in [1.29, 1.82) is 0 Å². The third-order valence-corrected chi connectivity index (χ3v) is 8.16. The molecule has 0 fully saturated rings. The van der Waals surface area contributed by atoms with Crippen LogP contribution in [0.25, 0.3) is 0 Å². The number of nitrogens with one attached hydrogen (secondary N) is 1. The molecule has 0 aromatic heterocycles. The molecule has 1 N–H and O–H groups in total. The highest BCUT2D eigenvalue weighted by molar-refractivity contribution is 7.98. The van der Waals surface area contributed by atoms with Crippen molar-refractivity contribution in [2.45, 2.75) is 17.6 Å². The van der Waals surface area contributed by atoms with Crippen LogP contribution in [0, 0.1) is 6.92 Å². The lowest BCUT2D eigenvalue weighted by molar-refractivity contribution is -0.119. The number of ether oxygens (including phenoxy) is 2. The maximum atomic E-state index is 13.5. The first-order valence-electron chi connectivity index (χ1n) is 11.1. The van der Waals surface area contributed by atoms with Crippen molar-refractivity contribution < 1.29 is 22.7 Å². The molecule has 3 aromatic rings. The van der Waals surface area contributed by atoms with Crippen LogP contribution in [0.3, 0.4) is 0 Å². The number of aryl methyl sites for hydroxylation is 1. The fourth-order valence-electron chi connectivity index (χ4n) is 3.41. The molecule has 9 heteroatoms. The minimum Gasteiger partial charge on any atom is -0.497 e. The number of amides is 1. The van der Waals surface area contributed by atoms with Crippen molar-refractivity contribution in [2.24, 2.45) is 0 Å². The highest BCUT2D eigenvalue weighted by atomic mass is 32.2. The molecule has 0 aliphatic rings. The van der Waals surface area contributed by atoms with Crippen molar-refractivity contribution in [1.82, 2.24) is 5.32 Å². The number of carbonyl (C=O) groups excluding carboxylic acids is 1. The van der Waals surface area contributed by atoms with Gasteiger partial charge in [0.05, 0.1) is 24.8 Å². The van der Waals surface area contributed by atoms with Crippen LogP contribution in [0.5, 0.6) is 11.5 Å². The molecule has 0 heterocycles. The maximum absolute atomic E-state index is 13.5. The molecule has 3 rings (SSSR count). The summed E-state index contributed by atoms with van der Waals surface area (Å²) in [5.74, 6) is 2.05. The number of carbonyl (C=O) groups is 1. The summed E-state index contributed by atoms with van der Waals surface area (Å²) in [6.07, 6.45) is 0. The lowest BCUT2D eigenvalue weighted by atomic mass is 10.1. The van der Waals surface area contributed by atoms with Crippen LogP contribution in [0.15, 0.2) is 77.7 Å². The van der Waals surface area contributed by atoms with Crippen LogP contribution >= 0.6 is 11.8 Å². The molecular weight excluding hydrogens is 484 g/mol. The zero-order valence-corrected chi connectivity index (χ0v) is 21.7. The molecule has 0 radical (unpaired) electrons. The Bertz CT molecular complexity index is 1230. The summed E-state index contributed by atoms with van der Waals surface area (Å²) in [6.45, 7) is 2.13. The second-order valence-corrected chi connectivity index (χ2v) is 10.7. The Morgan fingerprint density at radius 2 is 1.63 bits per heavy atom. The maximum Gasteiger partial charge on any atom is 0.264 e. The van der Waals surface area contributed by atoms with Gasteiger partial charge in [-0.05, 0) is 54.4 Å². The SMILES string of the molecule is COc1ccc(S(=O)(=O)N(CC(=O)NCCSCc2ccccc2C)c2ccccc2OC)cc1. The molecule has 0 saturated carbocycles. The summed E-state index contributed by atoms with van der Waals surface area (Å²) >= 11 is 1.71. The third kappa shape index (κ3) is 6.93. The second kappa shape index (κ2) is 12.5. The van der Waals surface area contributed by atoms with Crippen molar-refractivity contribution >= 4 is 33.4 Å². The zero-order chi connectivity index (χ0) is 25.3. The summed E-state index contributed by atoms with van der Waals surface area (Å²) < 4.78 is 38.7. The zero-order valence-electron chi connectivity index (χ0n) is 20.1. The van der Waals surface area contributed by atoms with Crippen LogP contribution in [-0.2, 0) is 20.6 Å². The predicted molar refractivity (Wildman–Crippen MR) is 141 cm³/mol. The molecule has 0 aliphatic carbocycles. The number of para-hydroxylation sites is 2. The predicted octanol–water partition coefficient (Wildman–Crippen LogP) is 4.26. The topological polar surface area (TPSA) is 84.9 Å². The van der Waals surface area contributed by atoms with Gasteiger partial charge in [0.2, 0.25) is 5.91 Å². The minimum atomic E-state index is -4.05. The van der Waals surface area contributed by atoms with Crippen molar-refractivity contribution in [3.8, 4) is 11.5 Å². The number of benzene rings is 3. The molecule has 0 spiro atoms. The largest absolute Gasteiger partial charge is 0.497 e. The fraction of sp³-hybridized carbons (Fsp3) is 0.269. The number of methoxy groups -OCH3 is 2. The van der Waals surface area contributed by atoms with Gasteiger partial charge in [0.25, 0.3) is 10.0 Å². The van der Waals surface area contributed by atoms with E-state index in [0.29, 0.717) is 23.8 Å². The van der Waals surface area contributed by atoms with E-state index >= 15 is 0 Å². The number of nitrogens with zero attached hydrogens (tertiary/aromatic N) is 1. The van der Waals surface area contributed by atoms with Crippen molar-refractivity contribution in [3.63, 3.8) is 0 Å². The Morgan fingerprint density at radius 3 is 2.31 bits per heavy atom. The Labute approximate surface area is 211 Å². The minimum absolute atomic E-state index is 0.0470. The van der Waals surface area contributed by atoms with Gasteiger partial charge >= 0.3 is 0 Å². The molecule has 1 amide bonds. The van der Waals surface area contributed by atoms with Crippen LogP contribution in [0.1, 0.15) is 11.1 Å². The number of sulfonamides is 1. The van der Waals surface area contributed by atoms with Gasteiger partial charge in [-0.15, -0.1) is 0 Å².